The molecule has 3 heterocycles. The summed E-state index contributed by atoms with van der Waals surface area (Å²) in [5.41, 5.74) is 9.77. The Bertz CT molecular complexity index is 1350. The Labute approximate surface area is 180 Å². The zero-order valence-electron chi connectivity index (χ0n) is 17.8. The number of hydrogen-bond donors (Lipinski definition) is 1. The Balaban J connectivity index is 1.51. The van der Waals surface area contributed by atoms with Crippen LogP contribution in [0.2, 0.25) is 0 Å². The van der Waals surface area contributed by atoms with Gasteiger partial charge in [0, 0.05) is 28.9 Å². The molecule has 0 aliphatic heterocycles. The van der Waals surface area contributed by atoms with Gasteiger partial charge in [0.1, 0.15) is 0 Å². The summed E-state index contributed by atoms with van der Waals surface area (Å²) < 4.78 is 1.97. The molecule has 0 atom stereocenters. The Morgan fingerprint density at radius 3 is 2.45 bits per heavy atom. The Hall–Kier alpha value is -3.87. The van der Waals surface area contributed by atoms with Crippen molar-refractivity contribution in [2.45, 2.75) is 33.6 Å². The van der Waals surface area contributed by atoms with Gasteiger partial charge in [-0.05, 0) is 48.2 Å². The summed E-state index contributed by atoms with van der Waals surface area (Å²) in [6.45, 7) is 6.25. The van der Waals surface area contributed by atoms with E-state index < -0.39 is 0 Å². The van der Waals surface area contributed by atoms with Crippen LogP contribution < -0.4 is 0 Å². The monoisotopic (exact) mass is 409 g/mol. The van der Waals surface area contributed by atoms with Gasteiger partial charge in [0.15, 0.2) is 5.65 Å². The third-order valence-electron chi connectivity index (χ3n) is 5.57. The van der Waals surface area contributed by atoms with Crippen LogP contribution in [0.4, 0.5) is 0 Å². The molecule has 0 radical (unpaired) electrons. The first-order chi connectivity index (χ1) is 15.1. The lowest BCUT2D eigenvalue weighted by molar-refractivity contribution is 0.849. The zero-order valence-corrected chi connectivity index (χ0v) is 17.8. The van der Waals surface area contributed by atoms with Crippen LogP contribution in [0, 0.1) is 13.8 Å². The van der Waals surface area contributed by atoms with Gasteiger partial charge >= 0.3 is 0 Å². The van der Waals surface area contributed by atoms with Gasteiger partial charge in [0.2, 0.25) is 5.82 Å². The van der Waals surface area contributed by atoms with E-state index in [-0.39, 0.29) is 0 Å². The molecule has 5 rings (SSSR count). The number of aryl methyl sites for hydroxylation is 3. The SMILES string of the molecule is CCc1nn2c(C)cc(C)nc2c1Cc1ccc(-c2ccccc2-c2nn[nH]n2)cc1. The summed E-state index contributed by atoms with van der Waals surface area (Å²) in [5.74, 6) is 0.593. The minimum atomic E-state index is 0.593. The van der Waals surface area contributed by atoms with Gasteiger partial charge in [-0.15, -0.1) is 10.2 Å². The minimum Gasteiger partial charge on any atom is -0.234 e. The molecule has 0 fully saturated rings. The van der Waals surface area contributed by atoms with Gasteiger partial charge in [-0.2, -0.15) is 10.3 Å². The Morgan fingerprint density at radius 2 is 1.74 bits per heavy atom. The number of rotatable bonds is 5. The van der Waals surface area contributed by atoms with Crippen molar-refractivity contribution in [3.05, 3.63) is 82.8 Å². The minimum absolute atomic E-state index is 0.593. The van der Waals surface area contributed by atoms with E-state index in [1.807, 2.05) is 29.6 Å². The van der Waals surface area contributed by atoms with Crippen molar-refractivity contribution in [2.75, 3.05) is 0 Å². The predicted octanol–water partition coefficient (Wildman–Crippen LogP) is 4.35. The van der Waals surface area contributed by atoms with E-state index in [2.05, 4.69) is 70.9 Å². The van der Waals surface area contributed by atoms with Gasteiger partial charge in [-0.1, -0.05) is 55.5 Å². The number of H-pyrrole nitrogens is 1. The van der Waals surface area contributed by atoms with Crippen molar-refractivity contribution in [3.8, 4) is 22.5 Å². The van der Waals surface area contributed by atoms with Crippen molar-refractivity contribution in [1.29, 1.82) is 0 Å². The van der Waals surface area contributed by atoms with Crippen LogP contribution >= 0.6 is 0 Å². The number of aromatic nitrogens is 7. The maximum absolute atomic E-state index is 4.80. The highest BCUT2D eigenvalue weighted by Crippen LogP contribution is 2.30. The summed E-state index contributed by atoms with van der Waals surface area (Å²) in [5, 5.41) is 19.3. The van der Waals surface area contributed by atoms with E-state index in [0.29, 0.717) is 5.82 Å². The average Bonchev–Trinajstić information content (AvgIpc) is 3.43. The topological polar surface area (TPSA) is 84.6 Å². The Morgan fingerprint density at radius 1 is 0.968 bits per heavy atom. The molecule has 0 spiro atoms. The number of benzene rings is 2. The number of nitrogens with one attached hydrogen (secondary N) is 1. The van der Waals surface area contributed by atoms with Crippen LogP contribution in [0.15, 0.2) is 54.6 Å². The lowest BCUT2D eigenvalue weighted by Gasteiger charge is -2.08. The molecule has 7 heteroatoms. The van der Waals surface area contributed by atoms with Gasteiger partial charge in [-0.3, -0.25) is 0 Å². The maximum Gasteiger partial charge on any atom is 0.205 e. The molecule has 3 aromatic heterocycles. The van der Waals surface area contributed by atoms with Crippen molar-refractivity contribution in [2.24, 2.45) is 0 Å². The largest absolute Gasteiger partial charge is 0.234 e. The highest BCUT2D eigenvalue weighted by molar-refractivity contribution is 5.80. The first kappa shape index (κ1) is 19.1. The molecule has 0 bridgehead atoms. The standard InChI is InChI=1S/C24H23N7/c1-4-22-21(24-25-15(2)13-16(3)31(24)28-22)14-17-9-11-18(12-10-17)19-7-5-6-8-20(19)23-26-29-30-27-23/h5-13H,4,14H2,1-3H3,(H,26,27,29,30). The molecule has 2 aromatic carbocycles. The molecule has 0 saturated carbocycles. The number of aromatic amines is 1. The third kappa shape index (κ3) is 3.48. The van der Waals surface area contributed by atoms with Gasteiger partial charge in [-0.25, -0.2) is 9.50 Å². The normalized spacial score (nSPS) is 11.3. The average molecular weight is 409 g/mol. The molecule has 0 aliphatic rings. The first-order valence-corrected chi connectivity index (χ1v) is 10.4. The quantitative estimate of drug-likeness (QED) is 0.467. The van der Waals surface area contributed by atoms with Crippen LogP contribution in [0.3, 0.4) is 0 Å². The molecule has 31 heavy (non-hydrogen) atoms. The van der Waals surface area contributed by atoms with E-state index in [1.165, 1.54) is 11.1 Å². The fraction of sp³-hybridized carbons (Fsp3) is 0.208. The van der Waals surface area contributed by atoms with Crippen LogP contribution in [0.1, 0.15) is 35.1 Å². The molecular weight excluding hydrogens is 386 g/mol. The highest BCUT2D eigenvalue weighted by Gasteiger charge is 2.16. The van der Waals surface area contributed by atoms with E-state index in [0.717, 1.165) is 52.3 Å². The molecule has 5 aromatic rings. The second-order valence-corrected chi connectivity index (χ2v) is 7.71. The molecule has 154 valence electrons. The van der Waals surface area contributed by atoms with Gasteiger partial charge in [0.25, 0.3) is 0 Å². The van der Waals surface area contributed by atoms with Crippen molar-refractivity contribution in [1.82, 2.24) is 35.2 Å². The van der Waals surface area contributed by atoms with Crippen LogP contribution in [-0.2, 0) is 12.8 Å². The van der Waals surface area contributed by atoms with E-state index in [1.54, 1.807) is 0 Å². The zero-order chi connectivity index (χ0) is 21.4. The second-order valence-electron chi connectivity index (χ2n) is 7.71. The van der Waals surface area contributed by atoms with E-state index >= 15 is 0 Å². The van der Waals surface area contributed by atoms with Crippen molar-refractivity contribution in [3.63, 3.8) is 0 Å². The summed E-state index contributed by atoms with van der Waals surface area (Å²) >= 11 is 0. The molecule has 0 saturated heterocycles. The molecule has 0 unspecified atom stereocenters. The van der Waals surface area contributed by atoms with Crippen molar-refractivity contribution < 1.29 is 0 Å². The maximum atomic E-state index is 4.80. The van der Waals surface area contributed by atoms with Gasteiger partial charge < -0.3 is 0 Å². The summed E-state index contributed by atoms with van der Waals surface area (Å²) in [4.78, 5) is 4.78. The number of fused-ring (bicyclic) bond motifs is 1. The van der Waals surface area contributed by atoms with Crippen LogP contribution in [0.25, 0.3) is 28.2 Å². The van der Waals surface area contributed by atoms with E-state index in [9.17, 15) is 0 Å². The molecule has 0 amide bonds. The molecule has 1 N–H and O–H groups in total. The van der Waals surface area contributed by atoms with Crippen LogP contribution in [-0.4, -0.2) is 35.2 Å². The summed E-state index contributed by atoms with van der Waals surface area (Å²) in [6.07, 6.45) is 1.68. The fourth-order valence-corrected chi connectivity index (χ4v) is 4.09. The Kier molecular flexibility index (Phi) is 4.78. The lowest BCUT2D eigenvalue weighted by Crippen LogP contribution is -1.98. The molecular formula is C24H23N7. The summed E-state index contributed by atoms with van der Waals surface area (Å²) in [6, 6.07) is 18.8. The van der Waals surface area contributed by atoms with Gasteiger partial charge in [0.05, 0.1) is 5.69 Å². The molecule has 7 nitrogen and oxygen atoms in total. The number of nitrogens with zero attached hydrogens (tertiary/aromatic N) is 6. The fourth-order valence-electron chi connectivity index (χ4n) is 4.09. The van der Waals surface area contributed by atoms with Crippen LogP contribution in [0.5, 0.6) is 0 Å². The predicted molar refractivity (Wildman–Crippen MR) is 120 cm³/mol. The third-order valence-corrected chi connectivity index (χ3v) is 5.57. The number of hydrogen-bond acceptors (Lipinski definition) is 5. The highest BCUT2D eigenvalue weighted by atomic mass is 15.5. The summed E-state index contributed by atoms with van der Waals surface area (Å²) in [7, 11) is 0. The lowest BCUT2D eigenvalue weighted by atomic mass is 9.96. The first-order valence-electron chi connectivity index (χ1n) is 10.4. The number of tetrazole rings is 1. The smallest absolute Gasteiger partial charge is 0.205 e. The second kappa shape index (κ2) is 7.75. The van der Waals surface area contributed by atoms with E-state index in [4.69, 9.17) is 10.1 Å². The van der Waals surface area contributed by atoms with Crippen molar-refractivity contribution >= 4 is 5.65 Å². The molecule has 0 aliphatic carbocycles.